The van der Waals surface area contributed by atoms with Crippen molar-refractivity contribution >= 4 is 11.3 Å². The fraction of sp³-hybridized carbons (Fsp3) is 0.750. The fourth-order valence-corrected chi connectivity index (χ4v) is 3.09. The van der Waals surface area contributed by atoms with Gasteiger partial charge in [-0.2, -0.15) is 0 Å². The Balaban J connectivity index is 1.87. The predicted molar refractivity (Wildman–Crippen MR) is 68.6 cm³/mol. The van der Waals surface area contributed by atoms with Crippen molar-refractivity contribution in [2.75, 3.05) is 13.1 Å². The Kier molecular flexibility index (Phi) is 4.32. The van der Waals surface area contributed by atoms with Crippen LogP contribution in [0.25, 0.3) is 0 Å². The summed E-state index contributed by atoms with van der Waals surface area (Å²) in [5, 5.41) is 3.44. The Morgan fingerprint density at radius 3 is 3.25 bits per heavy atom. The highest BCUT2D eigenvalue weighted by molar-refractivity contribution is 7.09. The Labute approximate surface area is 102 Å². The summed E-state index contributed by atoms with van der Waals surface area (Å²) in [4.78, 5) is 7.09. The summed E-state index contributed by atoms with van der Waals surface area (Å²) in [5.41, 5.74) is 7.23. The van der Waals surface area contributed by atoms with E-state index in [1.165, 1.54) is 36.5 Å². The lowest BCUT2D eigenvalue weighted by Crippen LogP contribution is -2.42. The number of thiazole rings is 1. The second kappa shape index (κ2) is 5.75. The van der Waals surface area contributed by atoms with Gasteiger partial charge in [-0.15, -0.1) is 11.3 Å². The Morgan fingerprint density at radius 2 is 2.50 bits per heavy atom. The van der Waals surface area contributed by atoms with Crippen LogP contribution in [-0.4, -0.2) is 29.0 Å². The average molecular weight is 239 g/mol. The zero-order valence-corrected chi connectivity index (χ0v) is 10.8. The van der Waals surface area contributed by atoms with Gasteiger partial charge in [-0.3, -0.25) is 4.90 Å². The van der Waals surface area contributed by atoms with Gasteiger partial charge in [-0.05, 0) is 25.8 Å². The van der Waals surface area contributed by atoms with Crippen LogP contribution in [-0.2, 0) is 13.0 Å². The fourth-order valence-electron chi connectivity index (χ4n) is 2.22. The van der Waals surface area contributed by atoms with Gasteiger partial charge < -0.3 is 5.73 Å². The molecule has 0 aliphatic carbocycles. The summed E-state index contributed by atoms with van der Waals surface area (Å²) in [6.07, 6.45) is 4.69. The van der Waals surface area contributed by atoms with Crippen LogP contribution in [0.3, 0.4) is 0 Å². The minimum Gasteiger partial charge on any atom is -0.327 e. The molecular formula is C12H21N3S. The molecule has 0 unspecified atom stereocenters. The molecule has 1 aromatic rings. The van der Waals surface area contributed by atoms with Crippen molar-refractivity contribution in [3.05, 3.63) is 16.1 Å². The van der Waals surface area contributed by atoms with Crippen molar-refractivity contribution in [1.82, 2.24) is 9.88 Å². The van der Waals surface area contributed by atoms with Gasteiger partial charge >= 0.3 is 0 Å². The largest absolute Gasteiger partial charge is 0.327 e. The van der Waals surface area contributed by atoms with Crippen molar-refractivity contribution in [3.8, 4) is 0 Å². The lowest BCUT2D eigenvalue weighted by Gasteiger charge is -2.29. The first-order valence-electron chi connectivity index (χ1n) is 6.19. The molecule has 3 nitrogen and oxygen atoms in total. The lowest BCUT2D eigenvalue weighted by molar-refractivity contribution is 0.201. The van der Waals surface area contributed by atoms with E-state index < -0.39 is 0 Å². The molecule has 2 rings (SSSR count). The quantitative estimate of drug-likeness (QED) is 0.874. The van der Waals surface area contributed by atoms with E-state index in [4.69, 9.17) is 5.73 Å². The average Bonchev–Trinajstić information content (AvgIpc) is 2.66. The summed E-state index contributed by atoms with van der Waals surface area (Å²) in [6.45, 7) is 5.39. The summed E-state index contributed by atoms with van der Waals surface area (Å²) >= 11 is 1.79. The van der Waals surface area contributed by atoms with Crippen LogP contribution in [0.1, 0.15) is 36.9 Å². The highest BCUT2D eigenvalue weighted by atomic mass is 32.1. The minimum absolute atomic E-state index is 0.365. The van der Waals surface area contributed by atoms with Crippen molar-refractivity contribution in [2.45, 2.75) is 45.2 Å². The number of piperidine rings is 1. The molecular weight excluding hydrogens is 218 g/mol. The van der Waals surface area contributed by atoms with Crippen LogP contribution in [0.4, 0.5) is 0 Å². The van der Waals surface area contributed by atoms with Gasteiger partial charge in [0.2, 0.25) is 0 Å². The third-order valence-corrected chi connectivity index (χ3v) is 3.89. The van der Waals surface area contributed by atoms with Gasteiger partial charge in [0.25, 0.3) is 0 Å². The highest BCUT2D eigenvalue weighted by Gasteiger charge is 2.17. The third kappa shape index (κ3) is 3.27. The van der Waals surface area contributed by atoms with Crippen LogP contribution in [0.5, 0.6) is 0 Å². The standard InChI is InChI=1S/C12H21N3S/c1-2-4-11-9-16-12(14-11)8-15-6-3-5-10(13)7-15/h9-10H,2-8,13H2,1H3/t10-/m1/s1. The third-order valence-electron chi connectivity index (χ3n) is 3.01. The second-order valence-electron chi connectivity index (χ2n) is 4.62. The van der Waals surface area contributed by atoms with Crippen LogP contribution in [0.15, 0.2) is 5.38 Å². The monoisotopic (exact) mass is 239 g/mol. The molecule has 90 valence electrons. The van der Waals surface area contributed by atoms with Gasteiger partial charge in [0.1, 0.15) is 5.01 Å². The first-order chi connectivity index (χ1) is 7.78. The molecule has 0 radical (unpaired) electrons. The maximum atomic E-state index is 5.97. The summed E-state index contributed by atoms with van der Waals surface area (Å²) in [7, 11) is 0. The van der Waals surface area contributed by atoms with E-state index in [9.17, 15) is 0 Å². The van der Waals surface area contributed by atoms with Gasteiger partial charge in [0.05, 0.1) is 12.2 Å². The van der Waals surface area contributed by atoms with Gasteiger partial charge in [-0.25, -0.2) is 4.98 Å². The van der Waals surface area contributed by atoms with E-state index >= 15 is 0 Å². The number of hydrogen-bond donors (Lipinski definition) is 1. The molecule has 1 aliphatic heterocycles. The van der Waals surface area contributed by atoms with Gasteiger partial charge in [-0.1, -0.05) is 13.3 Å². The molecule has 2 heterocycles. The molecule has 0 saturated carbocycles. The lowest BCUT2D eigenvalue weighted by atomic mass is 10.1. The number of likely N-dealkylation sites (tertiary alicyclic amines) is 1. The number of nitrogens with two attached hydrogens (primary N) is 1. The van der Waals surface area contributed by atoms with Crippen LogP contribution >= 0.6 is 11.3 Å². The van der Waals surface area contributed by atoms with Gasteiger partial charge in [0.15, 0.2) is 0 Å². The molecule has 1 aromatic heterocycles. The van der Waals surface area contributed by atoms with Gasteiger partial charge in [0, 0.05) is 18.0 Å². The van der Waals surface area contributed by atoms with E-state index in [1.807, 2.05) is 0 Å². The molecule has 2 N–H and O–H groups in total. The van der Waals surface area contributed by atoms with E-state index in [-0.39, 0.29) is 0 Å². The summed E-state index contributed by atoms with van der Waals surface area (Å²) in [6, 6.07) is 0.365. The predicted octanol–water partition coefficient (Wildman–Crippen LogP) is 2.02. The Morgan fingerprint density at radius 1 is 1.62 bits per heavy atom. The van der Waals surface area contributed by atoms with Crippen LogP contribution in [0, 0.1) is 0 Å². The van der Waals surface area contributed by atoms with Crippen LogP contribution < -0.4 is 5.73 Å². The maximum Gasteiger partial charge on any atom is 0.107 e. The highest BCUT2D eigenvalue weighted by Crippen LogP contribution is 2.16. The smallest absolute Gasteiger partial charge is 0.107 e. The van der Waals surface area contributed by atoms with E-state index in [2.05, 4.69) is 22.2 Å². The second-order valence-corrected chi connectivity index (χ2v) is 5.56. The molecule has 16 heavy (non-hydrogen) atoms. The molecule has 1 aliphatic rings. The SMILES string of the molecule is CCCc1csc(CN2CCC[C@@H](N)C2)n1. The normalized spacial score (nSPS) is 22.5. The number of rotatable bonds is 4. The minimum atomic E-state index is 0.365. The van der Waals surface area contributed by atoms with E-state index in [0.29, 0.717) is 6.04 Å². The first-order valence-corrected chi connectivity index (χ1v) is 7.07. The van der Waals surface area contributed by atoms with Crippen LogP contribution in [0.2, 0.25) is 0 Å². The molecule has 1 atom stereocenters. The summed E-state index contributed by atoms with van der Waals surface area (Å²) in [5.74, 6) is 0. The van der Waals surface area contributed by atoms with E-state index in [0.717, 1.165) is 19.5 Å². The maximum absolute atomic E-state index is 5.97. The number of nitrogens with zero attached hydrogens (tertiary/aromatic N) is 2. The molecule has 0 spiro atoms. The molecule has 1 fully saturated rings. The zero-order valence-electron chi connectivity index (χ0n) is 9.98. The van der Waals surface area contributed by atoms with Crippen molar-refractivity contribution in [1.29, 1.82) is 0 Å². The van der Waals surface area contributed by atoms with Crippen molar-refractivity contribution < 1.29 is 0 Å². The van der Waals surface area contributed by atoms with Crippen molar-refractivity contribution in [2.24, 2.45) is 5.73 Å². The molecule has 4 heteroatoms. The zero-order chi connectivity index (χ0) is 11.4. The molecule has 1 saturated heterocycles. The summed E-state index contributed by atoms with van der Waals surface area (Å²) < 4.78 is 0. The molecule has 0 bridgehead atoms. The number of aromatic nitrogens is 1. The Bertz CT molecular complexity index is 324. The molecule has 0 aromatic carbocycles. The first kappa shape index (κ1) is 12.0. The number of hydrogen-bond acceptors (Lipinski definition) is 4. The number of aryl methyl sites for hydroxylation is 1. The topological polar surface area (TPSA) is 42.1 Å². The van der Waals surface area contributed by atoms with E-state index in [1.54, 1.807) is 11.3 Å². The molecule has 0 amide bonds. The Hall–Kier alpha value is -0.450. The van der Waals surface area contributed by atoms with Crippen molar-refractivity contribution in [3.63, 3.8) is 0 Å².